The maximum atomic E-state index is 12.1. The maximum absolute atomic E-state index is 12.1. The molecule has 98 valence electrons. The molecule has 1 aliphatic carbocycles. The van der Waals surface area contributed by atoms with Crippen molar-refractivity contribution >= 4 is 5.91 Å². The van der Waals surface area contributed by atoms with Gasteiger partial charge in [0.05, 0.1) is 13.2 Å². The number of carbonyl (C=O) groups excluding carboxylic acids is 1. The molecule has 2 aliphatic rings. The van der Waals surface area contributed by atoms with E-state index in [0.717, 1.165) is 39.1 Å². The Hall–Kier alpha value is -0.610. The summed E-state index contributed by atoms with van der Waals surface area (Å²) in [5.74, 6) is 0.832. The predicted molar refractivity (Wildman–Crippen MR) is 66.8 cm³/mol. The summed E-state index contributed by atoms with van der Waals surface area (Å²) in [7, 11) is 0. The van der Waals surface area contributed by atoms with Gasteiger partial charge >= 0.3 is 0 Å². The fraction of sp³-hybridized carbons (Fsp3) is 0.923. The molecule has 1 saturated heterocycles. The number of ether oxygens (including phenoxy) is 1. The maximum Gasteiger partial charge on any atom is 0.236 e. The number of nitrogens with zero attached hydrogens (tertiary/aromatic N) is 1. The van der Waals surface area contributed by atoms with Crippen molar-refractivity contribution in [2.45, 2.75) is 38.6 Å². The van der Waals surface area contributed by atoms with Gasteiger partial charge in [0.15, 0.2) is 0 Å². The molecule has 1 aliphatic heterocycles. The molecule has 1 N–H and O–H groups in total. The van der Waals surface area contributed by atoms with Gasteiger partial charge in [0, 0.05) is 25.1 Å². The van der Waals surface area contributed by atoms with E-state index < -0.39 is 0 Å². The Balaban J connectivity index is 1.76. The van der Waals surface area contributed by atoms with Gasteiger partial charge in [-0.25, -0.2) is 0 Å². The molecule has 1 amide bonds. The Morgan fingerprint density at radius 3 is 2.82 bits per heavy atom. The molecule has 2 rings (SSSR count). The van der Waals surface area contributed by atoms with Crippen molar-refractivity contribution in [1.82, 2.24) is 10.2 Å². The molecule has 1 atom stereocenters. The van der Waals surface area contributed by atoms with Crippen LogP contribution in [0.3, 0.4) is 0 Å². The van der Waals surface area contributed by atoms with Gasteiger partial charge in [0.2, 0.25) is 5.91 Å². The molecule has 1 saturated carbocycles. The Bertz CT molecular complexity index is 248. The van der Waals surface area contributed by atoms with Crippen molar-refractivity contribution in [3.63, 3.8) is 0 Å². The Morgan fingerprint density at radius 2 is 2.24 bits per heavy atom. The third kappa shape index (κ3) is 3.96. The molecule has 0 bridgehead atoms. The van der Waals surface area contributed by atoms with Crippen molar-refractivity contribution in [1.29, 1.82) is 0 Å². The van der Waals surface area contributed by atoms with Crippen LogP contribution in [-0.2, 0) is 9.53 Å². The fourth-order valence-electron chi connectivity index (χ4n) is 2.32. The second kappa shape index (κ2) is 6.36. The molecular formula is C13H24N2O2. The lowest BCUT2D eigenvalue weighted by Crippen LogP contribution is -2.42. The highest BCUT2D eigenvalue weighted by Gasteiger charge is 2.34. The van der Waals surface area contributed by atoms with E-state index in [-0.39, 0.29) is 5.91 Å². The van der Waals surface area contributed by atoms with E-state index in [1.54, 1.807) is 0 Å². The minimum Gasteiger partial charge on any atom is -0.381 e. The highest BCUT2D eigenvalue weighted by Crippen LogP contribution is 2.28. The Kier molecular flexibility index (Phi) is 4.80. The van der Waals surface area contributed by atoms with E-state index in [9.17, 15) is 4.79 Å². The van der Waals surface area contributed by atoms with E-state index in [2.05, 4.69) is 17.1 Å². The average molecular weight is 240 g/mol. The second-order valence-corrected chi connectivity index (χ2v) is 5.18. The van der Waals surface area contributed by atoms with Crippen LogP contribution in [0, 0.1) is 5.92 Å². The normalized spacial score (nSPS) is 23.9. The topological polar surface area (TPSA) is 41.6 Å². The van der Waals surface area contributed by atoms with Crippen LogP contribution >= 0.6 is 0 Å². The highest BCUT2D eigenvalue weighted by molar-refractivity contribution is 5.79. The van der Waals surface area contributed by atoms with E-state index in [4.69, 9.17) is 4.74 Å². The number of carbonyl (C=O) groups is 1. The minimum absolute atomic E-state index is 0.271. The first-order chi connectivity index (χ1) is 8.31. The van der Waals surface area contributed by atoms with Crippen LogP contribution in [0.2, 0.25) is 0 Å². The van der Waals surface area contributed by atoms with Crippen molar-refractivity contribution < 1.29 is 9.53 Å². The summed E-state index contributed by atoms with van der Waals surface area (Å²) in [6, 6.07) is 0.520. The van der Waals surface area contributed by atoms with E-state index in [1.165, 1.54) is 12.8 Å². The summed E-state index contributed by atoms with van der Waals surface area (Å²) in [5.41, 5.74) is 0. The minimum atomic E-state index is 0.271. The van der Waals surface area contributed by atoms with Crippen LogP contribution < -0.4 is 5.32 Å². The largest absolute Gasteiger partial charge is 0.381 e. The number of hydrogen-bond acceptors (Lipinski definition) is 3. The monoisotopic (exact) mass is 240 g/mol. The first-order valence-corrected chi connectivity index (χ1v) is 6.89. The third-order valence-corrected chi connectivity index (χ3v) is 3.49. The van der Waals surface area contributed by atoms with E-state index in [0.29, 0.717) is 18.5 Å². The van der Waals surface area contributed by atoms with Gasteiger partial charge in [-0.05, 0) is 32.2 Å². The zero-order valence-electron chi connectivity index (χ0n) is 10.8. The Morgan fingerprint density at radius 1 is 1.41 bits per heavy atom. The number of rotatable bonds is 7. The summed E-state index contributed by atoms with van der Waals surface area (Å²) >= 11 is 0. The van der Waals surface area contributed by atoms with Gasteiger partial charge in [-0.3, -0.25) is 4.79 Å². The van der Waals surface area contributed by atoms with Crippen LogP contribution in [0.1, 0.15) is 32.6 Å². The van der Waals surface area contributed by atoms with Gasteiger partial charge in [-0.2, -0.15) is 0 Å². The predicted octanol–water partition coefficient (Wildman–Crippen LogP) is 1.01. The van der Waals surface area contributed by atoms with Crippen LogP contribution in [0.25, 0.3) is 0 Å². The fourth-order valence-corrected chi connectivity index (χ4v) is 2.32. The quantitative estimate of drug-likeness (QED) is 0.675. The molecule has 2 fully saturated rings. The zero-order chi connectivity index (χ0) is 12.1. The van der Waals surface area contributed by atoms with Crippen molar-refractivity contribution in [2.24, 2.45) is 5.92 Å². The van der Waals surface area contributed by atoms with Gasteiger partial charge in [0.1, 0.15) is 0 Å². The van der Waals surface area contributed by atoms with Crippen molar-refractivity contribution in [2.75, 3.05) is 32.8 Å². The van der Waals surface area contributed by atoms with Crippen LogP contribution in [0.5, 0.6) is 0 Å². The molecule has 0 aromatic heterocycles. The lowest BCUT2D eigenvalue weighted by molar-refractivity contribution is -0.131. The molecule has 0 spiro atoms. The molecule has 17 heavy (non-hydrogen) atoms. The summed E-state index contributed by atoms with van der Waals surface area (Å²) in [6.07, 6.45) is 4.56. The first kappa shape index (κ1) is 12.8. The molecule has 0 aromatic rings. The van der Waals surface area contributed by atoms with Crippen LogP contribution in [0.15, 0.2) is 0 Å². The summed E-state index contributed by atoms with van der Waals surface area (Å²) in [5, 5.41) is 3.20. The molecule has 4 heteroatoms. The lowest BCUT2D eigenvalue weighted by atomic mass is 10.1. The standard InChI is InChI=1S/C13H24N2O2/c1-2-6-14-8-13(16)15(12-3-4-12)9-11-5-7-17-10-11/h11-12,14H,2-10H2,1H3. The average Bonchev–Trinajstić information content (AvgIpc) is 3.03. The highest BCUT2D eigenvalue weighted by atomic mass is 16.5. The van der Waals surface area contributed by atoms with Crippen molar-refractivity contribution in [3.8, 4) is 0 Å². The van der Waals surface area contributed by atoms with Gasteiger partial charge in [-0.1, -0.05) is 6.92 Å². The number of amides is 1. The molecule has 0 aromatic carbocycles. The molecule has 4 nitrogen and oxygen atoms in total. The molecule has 0 radical (unpaired) electrons. The van der Waals surface area contributed by atoms with E-state index >= 15 is 0 Å². The SMILES string of the molecule is CCCNCC(=O)N(CC1CCOC1)C1CC1. The van der Waals surface area contributed by atoms with E-state index in [1.807, 2.05) is 0 Å². The zero-order valence-corrected chi connectivity index (χ0v) is 10.8. The first-order valence-electron chi connectivity index (χ1n) is 6.89. The smallest absolute Gasteiger partial charge is 0.236 e. The van der Waals surface area contributed by atoms with Crippen molar-refractivity contribution in [3.05, 3.63) is 0 Å². The van der Waals surface area contributed by atoms with Crippen LogP contribution in [-0.4, -0.2) is 49.7 Å². The number of nitrogens with one attached hydrogen (secondary N) is 1. The van der Waals surface area contributed by atoms with Gasteiger partial charge in [0.25, 0.3) is 0 Å². The molecular weight excluding hydrogens is 216 g/mol. The van der Waals surface area contributed by atoms with Crippen LogP contribution in [0.4, 0.5) is 0 Å². The lowest BCUT2D eigenvalue weighted by Gasteiger charge is -2.25. The summed E-state index contributed by atoms with van der Waals surface area (Å²) in [4.78, 5) is 14.2. The summed E-state index contributed by atoms with van der Waals surface area (Å²) in [6.45, 7) is 6.14. The number of hydrogen-bond donors (Lipinski definition) is 1. The second-order valence-electron chi connectivity index (χ2n) is 5.18. The van der Waals surface area contributed by atoms with Gasteiger partial charge < -0.3 is 15.0 Å². The molecule has 1 unspecified atom stereocenters. The van der Waals surface area contributed by atoms with Gasteiger partial charge in [-0.15, -0.1) is 0 Å². The summed E-state index contributed by atoms with van der Waals surface area (Å²) < 4.78 is 5.38. The molecule has 1 heterocycles. The Labute approximate surface area is 104 Å². The third-order valence-electron chi connectivity index (χ3n) is 3.49.